The molecule has 0 saturated carbocycles. The van der Waals surface area contributed by atoms with Crippen molar-refractivity contribution in [3.63, 3.8) is 0 Å². The Kier molecular flexibility index (Phi) is 7.83. The summed E-state index contributed by atoms with van der Waals surface area (Å²) < 4.78 is 11.6. The summed E-state index contributed by atoms with van der Waals surface area (Å²) in [7, 11) is 0. The maximum Gasteiger partial charge on any atom is 0.294 e. The molecule has 1 N–H and O–H groups in total. The van der Waals surface area contributed by atoms with E-state index in [0.717, 1.165) is 29.7 Å². The minimum atomic E-state index is -0.357. The molecule has 4 rings (SSSR count). The number of anilines is 1. The van der Waals surface area contributed by atoms with Gasteiger partial charge in [-0.25, -0.2) is 0 Å². The van der Waals surface area contributed by atoms with E-state index in [-0.39, 0.29) is 30.2 Å². The topological polar surface area (TPSA) is 67.9 Å². The molecule has 180 valence electrons. The highest BCUT2D eigenvalue weighted by molar-refractivity contribution is 6.12. The van der Waals surface area contributed by atoms with Crippen molar-refractivity contribution >= 4 is 23.6 Å². The second-order valence-corrected chi connectivity index (χ2v) is 8.44. The van der Waals surface area contributed by atoms with Gasteiger partial charge in [0.05, 0.1) is 18.3 Å². The van der Waals surface area contributed by atoms with Crippen LogP contribution in [0.4, 0.5) is 5.69 Å². The van der Waals surface area contributed by atoms with Gasteiger partial charge >= 0.3 is 0 Å². The standard InChI is InChI=1S/C29H30N2O4/c1-3-4-18-34-24-16-14-23(15-17-24)21(2)30-28(32)20-31-25-12-8-9-13-26(25)35-27(29(31)33)19-22-10-6-5-7-11-22/h5-17,19,21H,3-4,18,20H2,1-2H3,(H,30,32)/b27-19+. The van der Waals surface area contributed by atoms with Gasteiger partial charge in [-0.15, -0.1) is 0 Å². The van der Waals surface area contributed by atoms with Crippen LogP contribution >= 0.6 is 0 Å². The molecule has 1 aliphatic heterocycles. The highest BCUT2D eigenvalue weighted by atomic mass is 16.5. The van der Waals surface area contributed by atoms with Crippen molar-refractivity contribution in [3.8, 4) is 11.5 Å². The third-order valence-electron chi connectivity index (χ3n) is 5.76. The minimum absolute atomic E-state index is 0.117. The van der Waals surface area contributed by atoms with Crippen LogP contribution < -0.4 is 19.7 Å². The lowest BCUT2D eigenvalue weighted by Crippen LogP contribution is -2.44. The fourth-order valence-corrected chi connectivity index (χ4v) is 3.82. The zero-order valence-electron chi connectivity index (χ0n) is 20.1. The highest BCUT2D eigenvalue weighted by Crippen LogP contribution is 2.35. The van der Waals surface area contributed by atoms with Gasteiger partial charge in [-0.3, -0.25) is 14.5 Å². The number of para-hydroxylation sites is 2. The smallest absolute Gasteiger partial charge is 0.294 e. The number of carbonyl (C=O) groups is 2. The summed E-state index contributed by atoms with van der Waals surface area (Å²) in [5.74, 6) is 0.908. The normalized spacial score (nSPS) is 14.7. The maximum absolute atomic E-state index is 13.3. The van der Waals surface area contributed by atoms with E-state index in [9.17, 15) is 9.59 Å². The fraction of sp³-hybridized carbons (Fsp3) is 0.241. The first-order valence-electron chi connectivity index (χ1n) is 11.9. The van der Waals surface area contributed by atoms with Gasteiger partial charge in [0.1, 0.15) is 12.3 Å². The second-order valence-electron chi connectivity index (χ2n) is 8.44. The number of nitrogens with one attached hydrogen (secondary N) is 1. The summed E-state index contributed by atoms with van der Waals surface area (Å²) >= 11 is 0. The molecule has 6 heteroatoms. The number of amides is 2. The quantitative estimate of drug-likeness (QED) is 0.331. The van der Waals surface area contributed by atoms with E-state index in [2.05, 4.69) is 12.2 Å². The van der Waals surface area contributed by atoms with E-state index >= 15 is 0 Å². The molecule has 1 unspecified atom stereocenters. The molecule has 1 heterocycles. The first kappa shape index (κ1) is 24.1. The molecule has 1 atom stereocenters. The first-order valence-corrected chi connectivity index (χ1v) is 11.9. The predicted octanol–water partition coefficient (Wildman–Crippen LogP) is 5.51. The van der Waals surface area contributed by atoms with Gasteiger partial charge in [0.25, 0.3) is 5.91 Å². The summed E-state index contributed by atoms with van der Waals surface area (Å²) in [6, 6.07) is 24.2. The van der Waals surface area contributed by atoms with Crippen molar-refractivity contribution in [2.75, 3.05) is 18.1 Å². The molecule has 6 nitrogen and oxygen atoms in total. The van der Waals surface area contributed by atoms with Gasteiger partial charge in [-0.2, -0.15) is 0 Å². The van der Waals surface area contributed by atoms with E-state index in [1.807, 2.05) is 73.7 Å². The average molecular weight is 471 g/mol. The number of nitrogens with zero attached hydrogens (tertiary/aromatic N) is 1. The summed E-state index contributed by atoms with van der Waals surface area (Å²) in [4.78, 5) is 27.7. The van der Waals surface area contributed by atoms with Crippen molar-refractivity contribution in [2.45, 2.75) is 32.7 Å². The summed E-state index contributed by atoms with van der Waals surface area (Å²) in [6.07, 6.45) is 3.79. The monoisotopic (exact) mass is 470 g/mol. The second kappa shape index (κ2) is 11.4. The lowest BCUT2D eigenvalue weighted by Gasteiger charge is -2.30. The van der Waals surface area contributed by atoms with Gasteiger partial charge in [0.15, 0.2) is 11.5 Å². The van der Waals surface area contributed by atoms with Crippen molar-refractivity contribution in [3.05, 3.63) is 95.7 Å². The van der Waals surface area contributed by atoms with Crippen LogP contribution in [0.5, 0.6) is 11.5 Å². The van der Waals surface area contributed by atoms with Crippen molar-refractivity contribution < 1.29 is 19.1 Å². The zero-order valence-corrected chi connectivity index (χ0v) is 20.1. The van der Waals surface area contributed by atoms with Gasteiger partial charge in [0.2, 0.25) is 5.91 Å². The predicted molar refractivity (Wildman–Crippen MR) is 137 cm³/mol. The van der Waals surface area contributed by atoms with Crippen LogP contribution in [0, 0.1) is 0 Å². The fourth-order valence-electron chi connectivity index (χ4n) is 3.82. The average Bonchev–Trinajstić information content (AvgIpc) is 2.87. The molecule has 0 fully saturated rings. The first-order chi connectivity index (χ1) is 17.0. The number of rotatable bonds is 9. The Morgan fingerprint density at radius 1 is 1.03 bits per heavy atom. The third kappa shape index (κ3) is 6.09. The third-order valence-corrected chi connectivity index (χ3v) is 5.76. The van der Waals surface area contributed by atoms with Crippen LogP contribution in [0.1, 0.15) is 43.9 Å². The van der Waals surface area contributed by atoms with Crippen LogP contribution in [0.2, 0.25) is 0 Å². The van der Waals surface area contributed by atoms with Crippen molar-refractivity contribution in [2.24, 2.45) is 0 Å². The molecular weight excluding hydrogens is 440 g/mol. The van der Waals surface area contributed by atoms with Gasteiger partial charge in [0, 0.05) is 0 Å². The Balaban J connectivity index is 1.45. The number of hydrogen-bond acceptors (Lipinski definition) is 4. The van der Waals surface area contributed by atoms with Gasteiger partial charge < -0.3 is 14.8 Å². The van der Waals surface area contributed by atoms with Crippen LogP contribution in [0.15, 0.2) is 84.6 Å². The Bertz CT molecular complexity index is 1190. The summed E-state index contributed by atoms with van der Waals surface area (Å²) in [5.41, 5.74) is 2.37. The highest BCUT2D eigenvalue weighted by Gasteiger charge is 2.31. The van der Waals surface area contributed by atoms with Crippen molar-refractivity contribution in [1.82, 2.24) is 5.32 Å². The number of hydrogen-bond donors (Lipinski definition) is 1. The molecule has 0 spiro atoms. The molecular formula is C29H30N2O4. The number of benzene rings is 3. The van der Waals surface area contributed by atoms with Crippen LogP contribution in [-0.2, 0) is 9.59 Å². The maximum atomic E-state index is 13.3. The molecule has 3 aromatic carbocycles. The molecule has 0 bridgehead atoms. The van der Waals surface area contributed by atoms with Crippen LogP contribution in [-0.4, -0.2) is 25.0 Å². The van der Waals surface area contributed by atoms with Crippen molar-refractivity contribution in [1.29, 1.82) is 0 Å². The van der Waals surface area contributed by atoms with Crippen LogP contribution in [0.3, 0.4) is 0 Å². The number of ether oxygens (including phenoxy) is 2. The van der Waals surface area contributed by atoms with E-state index < -0.39 is 0 Å². The van der Waals surface area contributed by atoms with E-state index in [1.54, 1.807) is 18.2 Å². The molecule has 0 aliphatic carbocycles. The largest absolute Gasteiger partial charge is 0.494 e. The minimum Gasteiger partial charge on any atom is -0.494 e. The number of carbonyl (C=O) groups excluding carboxylic acids is 2. The lowest BCUT2D eigenvalue weighted by molar-refractivity contribution is -0.123. The van der Waals surface area contributed by atoms with E-state index in [4.69, 9.17) is 9.47 Å². The Labute approximate surface area is 206 Å². The Morgan fingerprint density at radius 3 is 2.49 bits per heavy atom. The lowest BCUT2D eigenvalue weighted by atomic mass is 10.1. The molecule has 0 radical (unpaired) electrons. The van der Waals surface area contributed by atoms with E-state index in [0.29, 0.717) is 18.0 Å². The zero-order chi connectivity index (χ0) is 24.6. The molecule has 2 amide bonds. The molecule has 1 aliphatic rings. The molecule has 0 saturated heterocycles. The summed E-state index contributed by atoms with van der Waals surface area (Å²) in [5, 5.41) is 3.00. The number of fused-ring (bicyclic) bond motifs is 1. The molecule has 35 heavy (non-hydrogen) atoms. The van der Waals surface area contributed by atoms with Gasteiger partial charge in [-0.05, 0) is 54.8 Å². The van der Waals surface area contributed by atoms with Crippen LogP contribution in [0.25, 0.3) is 6.08 Å². The molecule has 3 aromatic rings. The Hall–Kier alpha value is -4.06. The van der Waals surface area contributed by atoms with E-state index in [1.165, 1.54) is 4.90 Å². The van der Waals surface area contributed by atoms with Gasteiger partial charge in [-0.1, -0.05) is 67.9 Å². The SMILES string of the molecule is CCCCOc1ccc(C(C)NC(=O)CN2C(=O)/C(=C\c3ccccc3)Oc3ccccc32)cc1. The molecule has 0 aromatic heterocycles. The number of unbranched alkanes of at least 4 members (excludes halogenated alkanes) is 1. The Morgan fingerprint density at radius 2 is 1.74 bits per heavy atom. The summed E-state index contributed by atoms with van der Waals surface area (Å²) in [6.45, 7) is 4.62.